The van der Waals surface area contributed by atoms with Gasteiger partial charge in [0.1, 0.15) is 35.6 Å². The summed E-state index contributed by atoms with van der Waals surface area (Å²) in [5, 5.41) is 4.00. The standard InChI is InChI=1S/C13H9FN8/c14-8-1-2-11-17-4-9(21(11)5-8)13-19-10(15)3-12(20-13)22-7-16-6-18-22/h1-7H,(H2,15,19,20). The third-order valence-electron chi connectivity index (χ3n) is 3.08. The molecule has 0 aliphatic heterocycles. The van der Waals surface area contributed by atoms with Gasteiger partial charge in [-0.05, 0) is 12.1 Å². The van der Waals surface area contributed by atoms with Crippen molar-refractivity contribution in [2.45, 2.75) is 0 Å². The molecule has 0 aromatic carbocycles. The Hall–Kier alpha value is -3.36. The van der Waals surface area contributed by atoms with Crippen LogP contribution in [0.2, 0.25) is 0 Å². The molecule has 108 valence electrons. The van der Waals surface area contributed by atoms with Crippen LogP contribution in [-0.2, 0) is 0 Å². The minimum absolute atomic E-state index is 0.266. The van der Waals surface area contributed by atoms with Gasteiger partial charge in [0, 0.05) is 12.3 Å². The first kappa shape index (κ1) is 12.4. The van der Waals surface area contributed by atoms with Gasteiger partial charge >= 0.3 is 0 Å². The lowest BCUT2D eigenvalue weighted by Crippen LogP contribution is -2.05. The van der Waals surface area contributed by atoms with Crippen LogP contribution in [0.15, 0.2) is 43.2 Å². The molecule has 0 aliphatic rings. The Labute approximate surface area is 123 Å². The van der Waals surface area contributed by atoms with E-state index in [1.165, 1.54) is 29.6 Å². The van der Waals surface area contributed by atoms with E-state index in [4.69, 9.17) is 5.73 Å². The summed E-state index contributed by atoms with van der Waals surface area (Å²) in [5.41, 5.74) is 6.95. The van der Waals surface area contributed by atoms with Crippen molar-refractivity contribution in [2.75, 3.05) is 5.73 Å². The molecular weight excluding hydrogens is 287 g/mol. The number of anilines is 1. The van der Waals surface area contributed by atoms with Crippen molar-refractivity contribution in [3.8, 4) is 17.3 Å². The Morgan fingerprint density at radius 1 is 1.18 bits per heavy atom. The zero-order valence-electron chi connectivity index (χ0n) is 11.1. The molecule has 4 aromatic rings. The summed E-state index contributed by atoms with van der Waals surface area (Å²) < 4.78 is 16.5. The Morgan fingerprint density at radius 3 is 2.91 bits per heavy atom. The fourth-order valence-electron chi connectivity index (χ4n) is 2.13. The van der Waals surface area contributed by atoms with Crippen molar-refractivity contribution in [1.29, 1.82) is 0 Å². The van der Waals surface area contributed by atoms with Crippen LogP contribution in [0.1, 0.15) is 0 Å². The zero-order chi connectivity index (χ0) is 15.1. The number of halogens is 1. The number of nitrogens with zero attached hydrogens (tertiary/aromatic N) is 7. The van der Waals surface area contributed by atoms with E-state index in [-0.39, 0.29) is 11.6 Å². The fraction of sp³-hybridized carbons (Fsp3) is 0. The van der Waals surface area contributed by atoms with Crippen LogP contribution in [0.5, 0.6) is 0 Å². The highest BCUT2D eigenvalue weighted by atomic mass is 19.1. The van der Waals surface area contributed by atoms with Crippen LogP contribution in [-0.4, -0.2) is 34.1 Å². The first-order chi connectivity index (χ1) is 10.7. The maximum Gasteiger partial charge on any atom is 0.182 e. The highest BCUT2D eigenvalue weighted by molar-refractivity contribution is 5.59. The van der Waals surface area contributed by atoms with E-state index in [0.717, 1.165) is 0 Å². The van der Waals surface area contributed by atoms with Crippen molar-refractivity contribution < 1.29 is 4.39 Å². The van der Waals surface area contributed by atoms with Crippen molar-refractivity contribution in [1.82, 2.24) is 34.1 Å². The van der Waals surface area contributed by atoms with Crippen molar-refractivity contribution in [2.24, 2.45) is 0 Å². The second-order valence-electron chi connectivity index (χ2n) is 4.53. The molecule has 8 nitrogen and oxygen atoms in total. The summed E-state index contributed by atoms with van der Waals surface area (Å²) >= 11 is 0. The van der Waals surface area contributed by atoms with E-state index in [9.17, 15) is 4.39 Å². The zero-order valence-corrected chi connectivity index (χ0v) is 11.1. The maximum atomic E-state index is 13.5. The fourth-order valence-corrected chi connectivity index (χ4v) is 2.13. The van der Waals surface area contributed by atoms with Crippen molar-refractivity contribution >= 4 is 11.5 Å². The van der Waals surface area contributed by atoms with E-state index in [1.54, 1.807) is 22.7 Å². The van der Waals surface area contributed by atoms with Crippen LogP contribution < -0.4 is 5.73 Å². The molecule has 4 aromatic heterocycles. The predicted molar refractivity (Wildman–Crippen MR) is 75.5 cm³/mol. The second kappa shape index (κ2) is 4.58. The molecule has 22 heavy (non-hydrogen) atoms. The van der Waals surface area contributed by atoms with Gasteiger partial charge in [-0.1, -0.05) is 0 Å². The summed E-state index contributed by atoms with van der Waals surface area (Å²) in [4.78, 5) is 16.6. The van der Waals surface area contributed by atoms with Gasteiger partial charge in [0.15, 0.2) is 11.6 Å². The summed E-state index contributed by atoms with van der Waals surface area (Å²) in [6.45, 7) is 0. The summed E-state index contributed by atoms with van der Waals surface area (Å²) in [5.74, 6) is 0.670. The van der Waals surface area contributed by atoms with Gasteiger partial charge in [-0.2, -0.15) is 5.10 Å². The Balaban J connectivity index is 1.93. The molecule has 0 bridgehead atoms. The van der Waals surface area contributed by atoms with Gasteiger partial charge in [0.2, 0.25) is 0 Å². The first-order valence-electron chi connectivity index (χ1n) is 6.33. The minimum Gasteiger partial charge on any atom is -0.384 e. The number of fused-ring (bicyclic) bond motifs is 1. The first-order valence-corrected chi connectivity index (χ1v) is 6.33. The van der Waals surface area contributed by atoms with Gasteiger partial charge in [0.05, 0.1) is 6.20 Å². The van der Waals surface area contributed by atoms with Crippen LogP contribution in [0.4, 0.5) is 10.2 Å². The number of pyridine rings is 1. The normalized spacial score (nSPS) is 11.1. The maximum absolute atomic E-state index is 13.5. The van der Waals surface area contributed by atoms with Gasteiger partial charge in [0.25, 0.3) is 0 Å². The number of hydrogen-bond donors (Lipinski definition) is 1. The number of nitrogen functional groups attached to an aromatic ring is 1. The monoisotopic (exact) mass is 296 g/mol. The van der Waals surface area contributed by atoms with Crippen LogP contribution >= 0.6 is 0 Å². The van der Waals surface area contributed by atoms with Gasteiger partial charge in [-0.3, -0.25) is 4.40 Å². The third-order valence-corrected chi connectivity index (χ3v) is 3.08. The molecule has 0 saturated heterocycles. The number of hydrogen-bond acceptors (Lipinski definition) is 6. The van der Waals surface area contributed by atoms with Crippen molar-refractivity contribution in [3.63, 3.8) is 0 Å². The molecule has 4 rings (SSSR count). The molecule has 2 N–H and O–H groups in total. The average molecular weight is 296 g/mol. The highest BCUT2D eigenvalue weighted by Gasteiger charge is 2.12. The Bertz CT molecular complexity index is 960. The van der Waals surface area contributed by atoms with Crippen LogP contribution in [0, 0.1) is 5.82 Å². The lowest BCUT2D eigenvalue weighted by atomic mass is 10.4. The second-order valence-corrected chi connectivity index (χ2v) is 4.53. The topological polar surface area (TPSA) is 99.8 Å². The van der Waals surface area contributed by atoms with Crippen LogP contribution in [0.25, 0.3) is 23.0 Å². The number of nitrogens with two attached hydrogens (primary N) is 1. The van der Waals surface area contributed by atoms with E-state index in [2.05, 4.69) is 25.0 Å². The molecule has 0 amide bonds. The Morgan fingerprint density at radius 2 is 2.09 bits per heavy atom. The summed E-state index contributed by atoms with van der Waals surface area (Å²) in [7, 11) is 0. The number of aromatic nitrogens is 7. The molecule has 0 fully saturated rings. The highest BCUT2D eigenvalue weighted by Crippen LogP contribution is 2.20. The SMILES string of the molecule is Nc1cc(-n2cncn2)nc(-c2cnc3ccc(F)cn23)n1. The molecule has 0 saturated carbocycles. The van der Waals surface area contributed by atoms with E-state index < -0.39 is 0 Å². The molecule has 9 heteroatoms. The van der Waals surface area contributed by atoms with Gasteiger partial charge in [-0.25, -0.2) is 29.0 Å². The smallest absolute Gasteiger partial charge is 0.182 e. The summed E-state index contributed by atoms with van der Waals surface area (Å²) in [6, 6.07) is 4.48. The molecule has 0 unspecified atom stereocenters. The van der Waals surface area contributed by atoms with Gasteiger partial charge in [-0.15, -0.1) is 0 Å². The van der Waals surface area contributed by atoms with Crippen molar-refractivity contribution in [3.05, 3.63) is 49.1 Å². The molecular formula is C13H9FN8. The molecule has 4 heterocycles. The average Bonchev–Trinajstić information content (AvgIpc) is 3.16. The van der Waals surface area contributed by atoms with E-state index >= 15 is 0 Å². The quantitative estimate of drug-likeness (QED) is 0.594. The molecule has 0 aliphatic carbocycles. The molecule has 0 spiro atoms. The number of rotatable bonds is 2. The molecule has 0 radical (unpaired) electrons. The number of imidazole rings is 1. The largest absolute Gasteiger partial charge is 0.384 e. The predicted octanol–water partition coefficient (Wildman–Crippen LogP) is 1.09. The minimum atomic E-state index is -0.382. The van der Waals surface area contributed by atoms with E-state index in [1.807, 2.05) is 0 Å². The van der Waals surface area contributed by atoms with Gasteiger partial charge < -0.3 is 5.73 Å². The summed E-state index contributed by atoms with van der Waals surface area (Å²) in [6.07, 6.45) is 5.77. The van der Waals surface area contributed by atoms with E-state index in [0.29, 0.717) is 23.0 Å². The van der Waals surface area contributed by atoms with Crippen LogP contribution in [0.3, 0.4) is 0 Å². The Kier molecular flexibility index (Phi) is 2.58. The lowest BCUT2D eigenvalue weighted by Gasteiger charge is -2.05. The molecule has 0 atom stereocenters. The lowest BCUT2D eigenvalue weighted by molar-refractivity contribution is 0.619. The third kappa shape index (κ3) is 1.95.